The van der Waals surface area contributed by atoms with Crippen LogP contribution in [0, 0.1) is 6.92 Å². The van der Waals surface area contributed by atoms with E-state index in [1.165, 1.54) is 22.0 Å². The minimum Gasteiger partial charge on any atom is -0.344 e. The lowest BCUT2D eigenvalue weighted by Crippen LogP contribution is -1.99. The molecule has 2 rings (SSSR count). The highest BCUT2D eigenvalue weighted by atomic mass is 32.2. The van der Waals surface area contributed by atoms with Crippen molar-refractivity contribution in [3.8, 4) is 0 Å². The van der Waals surface area contributed by atoms with E-state index in [0.29, 0.717) is 11.3 Å². The molecule has 98 valence electrons. The third kappa shape index (κ3) is 2.59. The second-order valence-electron chi connectivity index (χ2n) is 5.49. The van der Waals surface area contributed by atoms with Crippen LogP contribution in [0.5, 0.6) is 0 Å². The lowest BCUT2D eigenvalue weighted by atomic mass is 10.1. The number of rotatable bonds is 4. The summed E-state index contributed by atoms with van der Waals surface area (Å²) in [6.07, 6.45) is 2.34. The quantitative estimate of drug-likeness (QED) is 0.735. The van der Waals surface area contributed by atoms with Crippen molar-refractivity contribution in [2.45, 2.75) is 51.7 Å². The molecule has 2 heteroatoms. The van der Waals surface area contributed by atoms with Gasteiger partial charge >= 0.3 is 0 Å². The second-order valence-corrected chi connectivity index (χ2v) is 7.05. The predicted octanol–water partition coefficient (Wildman–Crippen LogP) is 5.17. The van der Waals surface area contributed by atoms with Crippen molar-refractivity contribution in [2.24, 2.45) is 0 Å². The molecule has 18 heavy (non-hydrogen) atoms. The number of aromatic nitrogens is 1. The summed E-state index contributed by atoms with van der Waals surface area (Å²) in [6, 6.07) is 7.16. The standard InChI is InChI=1S/C16H23NS/c1-11(2)17-9-14(10-18-12(3)4)15-8-6-7-13(5)16(15)17/h6-9,11-12H,10H2,1-5H3. The van der Waals surface area contributed by atoms with Gasteiger partial charge in [-0.25, -0.2) is 0 Å². The molecular weight excluding hydrogens is 238 g/mol. The predicted molar refractivity (Wildman–Crippen MR) is 83.5 cm³/mol. The van der Waals surface area contributed by atoms with E-state index < -0.39 is 0 Å². The number of para-hydroxylation sites is 1. The monoisotopic (exact) mass is 261 g/mol. The Morgan fingerprint density at radius 1 is 1.17 bits per heavy atom. The van der Waals surface area contributed by atoms with Crippen molar-refractivity contribution in [1.82, 2.24) is 4.57 Å². The van der Waals surface area contributed by atoms with Crippen molar-refractivity contribution >= 4 is 22.7 Å². The molecular formula is C16H23NS. The third-order valence-electron chi connectivity index (χ3n) is 3.27. The number of nitrogens with zero attached hydrogens (tertiary/aromatic N) is 1. The normalized spacial score (nSPS) is 11.9. The van der Waals surface area contributed by atoms with Gasteiger partial charge in [-0.15, -0.1) is 0 Å². The van der Waals surface area contributed by atoms with Crippen molar-refractivity contribution in [1.29, 1.82) is 0 Å². The van der Waals surface area contributed by atoms with Gasteiger partial charge in [0.05, 0.1) is 5.52 Å². The number of benzene rings is 1. The summed E-state index contributed by atoms with van der Waals surface area (Å²) in [5, 5.41) is 2.11. The van der Waals surface area contributed by atoms with Crippen LogP contribution in [-0.4, -0.2) is 9.82 Å². The van der Waals surface area contributed by atoms with Crippen molar-refractivity contribution in [3.05, 3.63) is 35.5 Å². The van der Waals surface area contributed by atoms with Crippen LogP contribution in [-0.2, 0) is 5.75 Å². The first kappa shape index (κ1) is 13.5. The molecule has 0 aliphatic rings. The summed E-state index contributed by atoms with van der Waals surface area (Å²) in [5.41, 5.74) is 4.26. The average molecular weight is 261 g/mol. The fourth-order valence-electron chi connectivity index (χ4n) is 2.34. The molecule has 0 saturated heterocycles. The Hall–Kier alpha value is -0.890. The molecule has 2 aromatic rings. The van der Waals surface area contributed by atoms with E-state index in [0.717, 1.165) is 5.75 Å². The van der Waals surface area contributed by atoms with E-state index >= 15 is 0 Å². The summed E-state index contributed by atoms with van der Waals surface area (Å²) in [4.78, 5) is 0. The van der Waals surface area contributed by atoms with Gasteiger partial charge in [0.25, 0.3) is 0 Å². The van der Waals surface area contributed by atoms with Crippen LogP contribution >= 0.6 is 11.8 Å². The Morgan fingerprint density at radius 2 is 1.89 bits per heavy atom. The van der Waals surface area contributed by atoms with E-state index in [9.17, 15) is 0 Å². The SMILES string of the molecule is Cc1cccc2c(CSC(C)C)cn(C(C)C)c12. The molecule has 1 heterocycles. The van der Waals surface area contributed by atoms with Gasteiger partial charge in [-0.2, -0.15) is 11.8 Å². The highest BCUT2D eigenvalue weighted by Crippen LogP contribution is 2.30. The van der Waals surface area contributed by atoms with Crippen LogP contribution in [0.2, 0.25) is 0 Å². The molecule has 0 amide bonds. The maximum absolute atomic E-state index is 2.42. The Labute approximate surface area is 115 Å². The molecule has 0 unspecified atom stereocenters. The Balaban J connectivity index is 2.51. The Morgan fingerprint density at radius 3 is 2.50 bits per heavy atom. The highest BCUT2D eigenvalue weighted by Gasteiger charge is 2.12. The molecule has 0 spiro atoms. The van der Waals surface area contributed by atoms with Gasteiger partial charge in [0.1, 0.15) is 0 Å². The maximum Gasteiger partial charge on any atom is 0.0515 e. The fourth-order valence-corrected chi connectivity index (χ4v) is 3.08. The highest BCUT2D eigenvalue weighted by molar-refractivity contribution is 7.99. The molecule has 0 N–H and O–H groups in total. The summed E-state index contributed by atoms with van der Waals surface area (Å²) in [6.45, 7) is 11.2. The zero-order chi connectivity index (χ0) is 13.3. The Kier molecular flexibility index (Phi) is 4.06. The topological polar surface area (TPSA) is 4.93 Å². The number of hydrogen-bond acceptors (Lipinski definition) is 1. The minimum absolute atomic E-state index is 0.520. The largest absolute Gasteiger partial charge is 0.344 e. The maximum atomic E-state index is 2.42. The van der Waals surface area contributed by atoms with Gasteiger partial charge in [0.2, 0.25) is 0 Å². The smallest absolute Gasteiger partial charge is 0.0515 e. The van der Waals surface area contributed by atoms with E-state index in [4.69, 9.17) is 0 Å². The summed E-state index contributed by atoms with van der Waals surface area (Å²) >= 11 is 2.02. The first-order chi connectivity index (χ1) is 8.50. The van der Waals surface area contributed by atoms with Crippen molar-refractivity contribution in [3.63, 3.8) is 0 Å². The van der Waals surface area contributed by atoms with Crippen LogP contribution in [0.4, 0.5) is 0 Å². The van der Waals surface area contributed by atoms with Gasteiger partial charge in [-0.05, 0) is 37.1 Å². The van der Waals surface area contributed by atoms with Gasteiger partial charge < -0.3 is 4.57 Å². The van der Waals surface area contributed by atoms with Crippen LogP contribution < -0.4 is 0 Å². The van der Waals surface area contributed by atoms with Gasteiger partial charge in [-0.1, -0.05) is 32.0 Å². The second kappa shape index (κ2) is 5.40. The summed E-state index contributed by atoms with van der Waals surface area (Å²) < 4.78 is 2.42. The zero-order valence-electron chi connectivity index (χ0n) is 12.0. The molecule has 1 aromatic carbocycles. The molecule has 1 aromatic heterocycles. The molecule has 1 nitrogen and oxygen atoms in total. The van der Waals surface area contributed by atoms with E-state index in [-0.39, 0.29) is 0 Å². The van der Waals surface area contributed by atoms with Crippen LogP contribution in [0.25, 0.3) is 10.9 Å². The van der Waals surface area contributed by atoms with Gasteiger partial charge in [-0.3, -0.25) is 0 Å². The minimum atomic E-state index is 0.520. The van der Waals surface area contributed by atoms with Crippen molar-refractivity contribution < 1.29 is 0 Å². The molecule has 0 radical (unpaired) electrons. The van der Waals surface area contributed by atoms with Crippen LogP contribution in [0.3, 0.4) is 0 Å². The fraction of sp³-hybridized carbons (Fsp3) is 0.500. The van der Waals surface area contributed by atoms with Crippen molar-refractivity contribution in [2.75, 3.05) is 0 Å². The number of thioether (sulfide) groups is 1. The molecule has 0 fully saturated rings. The molecule has 0 aliphatic heterocycles. The lowest BCUT2D eigenvalue weighted by molar-refractivity contribution is 0.621. The third-order valence-corrected chi connectivity index (χ3v) is 4.41. The van der Waals surface area contributed by atoms with E-state index in [2.05, 4.69) is 63.6 Å². The van der Waals surface area contributed by atoms with Gasteiger partial charge in [0.15, 0.2) is 0 Å². The number of aryl methyl sites for hydroxylation is 1. The molecule has 0 aliphatic carbocycles. The van der Waals surface area contributed by atoms with Crippen LogP contribution in [0.1, 0.15) is 44.9 Å². The number of fused-ring (bicyclic) bond motifs is 1. The molecule has 0 bridgehead atoms. The summed E-state index contributed by atoms with van der Waals surface area (Å²) in [5.74, 6) is 1.11. The first-order valence-corrected chi connectivity index (χ1v) is 7.76. The Bertz CT molecular complexity index is 537. The first-order valence-electron chi connectivity index (χ1n) is 6.71. The lowest BCUT2D eigenvalue weighted by Gasteiger charge is -2.10. The number of hydrogen-bond donors (Lipinski definition) is 0. The van der Waals surface area contributed by atoms with Crippen LogP contribution in [0.15, 0.2) is 24.4 Å². The van der Waals surface area contributed by atoms with Gasteiger partial charge in [0, 0.05) is 23.4 Å². The molecule has 0 atom stereocenters. The van der Waals surface area contributed by atoms with E-state index in [1.54, 1.807) is 0 Å². The zero-order valence-corrected chi connectivity index (χ0v) is 12.8. The molecule has 0 saturated carbocycles. The van der Waals surface area contributed by atoms with E-state index in [1.807, 2.05) is 11.8 Å². The summed E-state index contributed by atoms with van der Waals surface area (Å²) in [7, 11) is 0. The average Bonchev–Trinajstić information content (AvgIpc) is 2.67.